The molecule has 0 fully saturated rings. The van der Waals surface area contributed by atoms with Crippen LogP contribution in [-0.4, -0.2) is 15.2 Å². The Balaban J connectivity index is 2.30. The molecule has 0 saturated carbocycles. The van der Waals surface area contributed by atoms with Gasteiger partial charge in [-0.1, -0.05) is 36.4 Å². The van der Waals surface area contributed by atoms with Crippen LogP contribution in [0, 0.1) is 0 Å². The first-order valence-electron chi connectivity index (χ1n) is 7.41. The zero-order valence-electron chi connectivity index (χ0n) is 12.1. The summed E-state index contributed by atoms with van der Waals surface area (Å²) in [4.78, 5) is 15.4. The quantitative estimate of drug-likeness (QED) is 0.474. The maximum atomic E-state index is 12.3. The molecule has 0 atom stereocenters. The molecule has 5 rings (SSSR count). The lowest BCUT2D eigenvalue weighted by Gasteiger charge is -2.05. The van der Waals surface area contributed by atoms with Gasteiger partial charge in [0, 0.05) is 17.1 Å². The standard InChI is InChI=1S/C19H11N3O/c23-19-18-16-12(8-9-20-18)10-11-4-1-2-5-13(11)14-6-3-7-15(17(14)16)21-22-19/h1-10,20H. The molecule has 23 heavy (non-hydrogen) atoms. The molecule has 0 spiro atoms. The summed E-state index contributed by atoms with van der Waals surface area (Å²) >= 11 is 0. The van der Waals surface area contributed by atoms with E-state index in [1.54, 1.807) is 6.20 Å². The van der Waals surface area contributed by atoms with Crippen molar-refractivity contribution in [2.45, 2.75) is 0 Å². The van der Waals surface area contributed by atoms with E-state index in [0.29, 0.717) is 5.52 Å². The van der Waals surface area contributed by atoms with Crippen LogP contribution in [-0.2, 0) is 0 Å². The van der Waals surface area contributed by atoms with Gasteiger partial charge < -0.3 is 4.98 Å². The Morgan fingerprint density at radius 1 is 0.870 bits per heavy atom. The molecule has 0 amide bonds. The third kappa shape index (κ3) is 1.63. The highest BCUT2D eigenvalue weighted by Crippen LogP contribution is 2.37. The number of hydrogen-bond donors (Lipinski definition) is 1. The smallest absolute Gasteiger partial charge is 0.312 e. The summed E-state index contributed by atoms with van der Waals surface area (Å²) in [5.74, 6) is 0. The van der Waals surface area contributed by atoms with Crippen molar-refractivity contribution in [1.29, 1.82) is 0 Å². The number of hydrogen-bond acceptors (Lipinski definition) is 3. The first-order chi connectivity index (χ1) is 11.3. The number of fused-ring (bicyclic) bond motifs is 2. The van der Waals surface area contributed by atoms with E-state index in [4.69, 9.17) is 0 Å². The fourth-order valence-corrected chi connectivity index (χ4v) is 3.37. The largest absolute Gasteiger partial charge is 0.357 e. The maximum Gasteiger partial charge on any atom is 0.312 e. The minimum absolute atomic E-state index is 0.344. The number of rotatable bonds is 0. The predicted octanol–water partition coefficient (Wildman–Crippen LogP) is 3.73. The third-order valence-electron chi connectivity index (χ3n) is 4.35. The second kappa shape index (κ2) is 4.36. The Kier molecular flexibility index (Phi) is 2.33. The monoisotopic (exact) mass is 297 g/mol. The van der Waals surface area contributed by atoms with Gasteiger partial charge in [-0.3, -0.25) is 4.79 Å². The van der Waals surface area contributed by atoms with Crippen LogP contribution >= 0.6 is 0 Å². The third-order valence-corrected chi connectivity index (χ3v) is 4.35. The summed E-state index contributed by atoms with van der Waals surface area (Å²) in [7, 11) is 0. The van der Waals surface area contributed by atoms with Crippen LogP contribution in [0.2, 0.25) is 0 Å². The van der Waals surface area contributed by atoms with Crippen molar-refractivity contribution in [2.75, 3.05) is 0 Å². The zero-order chi connectivity index (χ0) is 15.4. The first kappa shape index (κ1) is 12.3. The molecule has 4 nitrogen and oxygen atoms in total. The molecule has 0 bridgehead atoms. The summed E-state index contributed by atoms with van der Waals surface area (Å²) in [6, 6.07) is 18.3. The molecule has 0 saturated heterocycles. The van der Waals surface area contributed by atoms with Crippen LogP contribution in [0.15, 0.2) is 65.6 Å². The normalized spacial score (nSPS) is 11.7. The van der Waals surface area contributed by atoms with E-state index in [1.165, 1.54) is 0 Å². The number of aromatic amines is 1. The van der Waals surface area contributed by atoms with Gasteiger partial charge in [0.2, 0.25) is 0 Å². The second-order valence-electron chi connectivity index (χ2n) is 5.62. The molecule has 2 aromatic carbocycles. The van der Waals surface area contributed by atoms with E-state index in [0.717, 1.165) is 38.2 Å². The average molecular weight is 297 g/mol. The molecule has 3 aromatic rings. The van der Waals surface area contributed by atoms with Crippen LogP contribution in [0.4, 0.5) is 0 Å². The summed E-state index contributed by atoms with van der Waals surface area (Å²) < 4.78 is 0. The number of nitrogens with one attached hydrogen (secondary N) is 1. The van der Waals surface area contributed by atoms with Crippen molar-refractivity contribution >= 4 is 32.6 Å². The van der Waals surface area contributed by atoms with E-state index in [2.05, 4.69) is 39.4 Å². The number of pyridine rings is 1. The van der Waals surface area contributed by atoms with Crippen molar-refractivity contribution in [2.24, 2.45) is 0 Å². The molecule has 0 unspecified atom stereocenters. The zero-order valence-corrected chi connectivity index (χ0v) is 12.1. The molecule has 1 aliphatic heterocycles. The molecular weight excluding hydrogens is 286 g/mol. The van der Waals surface area contributed by atoms with Gasteiger partial charge in [0.05, 0.1) is 5.52 Å². The molecule has 1 aliphatic carbocycles. The molecule has 2 aliphatic rings. The molecule has 0 radical (unpaired) electrons. The van der Waals surface area contributed by atoms with Crippen molar-refractivity contribution in [3.8, 4) is 11.1 Å². The topological polar surface area (TPSA) is 58.6 Å². The van der Waals surface area contributed by atoms with Gasteiger partial charge >= 0.3 is 5.56 Å². The number of aromatic nitrogens is 3. The SMILES string of the molecule is O=c1nnc2cccc3c4ccccc4cc4cc[nH]c1c-4c23. The van der Waals surface area contributed by atoms with Gasteiger partial charge in [-0.25, -0.2) is 0 Å². The van der Waals surface area contributed by atoms with Crippen molar-refractivity contribution in [3.63, 3.8) is 0 Å². The van der Waals surface area contributed by atoms with Crippen LogP contribution < -0.4 is 5.56 Å². The lowest BCUT2D eigenvalue weighted by molar-refractivity contribution is 1.05. The molecule has 4 heteroatoms. The highest BCUT2D eigenvalue weighted by atomic mass is 16.1. The summed E-state index contributed by atoms with van der Waals surface area (Å²) in [5.41, 5.74) is 2.74. The summed E-state index contributed by atoms with van der Waals surface area (Å²) in [6.45, 7) is 0. The molecule has 108 valence electrons. The van der Waals surface area contributed by atoms with Crippen molar-refractivity contribution < 1.29 is 0 Å². The Morgan fingerprint density at radius 2 is 1.74 bits per heavy atom. The van der Waals surface area contributed by atoms with Crippen LogP contribution in [0.3, 0.4) is 0 Å². The van der Waals surface area contributed by atoms with Gasteiger partial charge in [-0.15, -0.1) is 10.2 Å². The van der Waals surface area contributed by atoms with E-state index in [1.807, 2.05) is 30.3 Å². The van der Waals surface area contributed by atoms with Crippen LogP contribution in [0.5, 0.6) is 0 Å². The van der Waals surface area contributed by atoms with Gasteiger partial charge in [-0.2, -0.15) is 0 Å². The van der Waals surface area contributed by atoms with Gasteiger partial charge in [-0.05, 0) is 39.9 Å². The van der Waals surface area contributed by atoms with Gasteiger partial charge in [0.25, 0.3) is 0 Å². The summed E-state index contributed by atoms with van der Waals surface area (Å²) in [6.07, 6.45) is 1.78. The fraction of sp³-hybridized carbons (Fsp3) is 0. The number of nitrogens with zero attached hydrogens (tertiary/aromatic N) is 2. The highest BCUT2D eigenvalue weighted by molar-refractivity contribution is 6.19. The average Bonchev–Trinajstić information content (AvgIpc) is 2.83. The Bertz CT molecular complexity index is 1240. The van der Waals surface area contributed by atoms with Crippen molar-refractivity contribution in [1.82, 2.24) is 15.2 Å². The summed E-state index contributed by atoms with van der Waals surface area (Å²) in [5, 5.41) is 12.3. The van der Waals surface area contributed by atoms with Gasteiger partial charge in [0.15, 0.2) is 0 Å². The first-order valence-corrected chi connectivity index (χ1v) is 7.41. The van der Waals surface area contributed by atoms with E-state index in [-0.39, 0.29) is 5.56 Å². The van der Waals surface area contributed by atoms with Crippen LogP contribution in [0.1, 0.15) is 0 Å². The molecule has 1 N–H and O–H groups in total. The predicted molar refractivity (Wildman–Crippen MR) is 91.8 cm³/mol. The van der Waals surface area contributed by atoms with Crippen molar-refractivity contribution in [3.05, 3.63) is 71.1 Å². The number of H-pyrrole nitrogens is 1. The Morgan fingerprint density at radius 3 is 2.70 bits per heavy atom. The van der Waals surface area contributed by atoms with E-state index < -0.39 is 0 Å². The minimum atomic E-state index is -0.344. The Hall–Kier alpha value is -3.27. The fourth-order valence-electron chi connectivity index (χ4n) is 3.37. The second-order valence-corrected chi connectivity index (χ2v) is 5.62. The van der Waals surface area contributed by atoms with E-state index in [9.17, 15) is 4.79 Å². The lowest BCUT2D eigenvalue weighted by Crippen LogP contribution is -2.05. The number of benzene rings is 2. The maximum absolute atomic E-state index is 12.3. The minimum Gasteiger partial charge on any atom is -0.357 e. The molecular formula is C19H11N3O. The highest BCUT2D eigenvalue weighted by Gasteiger charge is 2.16. The Labute approximate surface area is 130 Å². The lowest BCUT2D eigenvalue weighted by atomic mass is 10.0. The molecule has 2 heterocycles. The van der Waals surface area contributed by atoms with Gasteiger partial charge in [0.1, 0.15) is 5.52 Å². The van der Waals surface area contributed by atoms with Crippen LogP contribution in [0.25, 0.3) is 43.7 Å². The van der Waals surface area contributed by atoms with E-state index >= 15 is 0 Å². The molecule has 1 aromatic heterocycles.